The molecule has 1 aromatic carbocycles. The van der Waals surface area contributed by atoms with Crippen molar-refractivity contribution in [2.75, 3.05) is 5.73 Å². The molecule has 0 aliphatic carbocycles. The number of nitrogens with two attached hydrogens (primary N) is 1. The van der Waals surface area contributed by atoms with Crippen molar-refractivity contribution in [1.82, 2.24) is 20.2 Å². The Balaban J connectivity index is 2.23. The van der Waals surface area contributed by atoms with Crippen LogP contribution in [0.15, 0.2) is 47.5 Å². The van der Waals surface area contributed by atoms with Crippen molar-refractivity contribution in [3.05, 3.63) is 47.5 Å². The van der Waals surface area contributed by atoms with Gasteiger partial charge in [-0.1, -0.05) is 34.1 Å². The third kappa shape index (κ3) is 2.10. The lowest BCUT2D eigenvalue weighted by molar-refractivity contribution is 1.09. The number of H-pyrrole nitrogens is 1. The largest absolute Gasteiger partial charge is 0.382 e. The molecule has 3 rings (SSSR count). The normalized spacial score (nSPS) is 10.6. The van der Waals surface area contributed by atoms with Crippen molar-refractivity contribution in [3.63, 3.8) is 0 Å². The summed E-state index contributed by atoms with van der Waals surface area (Å²) in [4.78, 5) is 8.03. The molecule has 19 heavy (non-hydrogen) atoms. The van der Waals surface area contributed by atoms with E-state index in [1.54, 1.807) is 12.4 Å². The Morgan fingerprint density at radius 1 is 1.11 bits per heavy atom. The number of hydrogen-bond acceptors (Lipinski definition) is 4. The smallest absolute Gasteiger partial charge is 0.153 e. The van der Waals surface area contributed by atoms with Crippen LogP contribution >= 0.6 is 15.9 Å². The highest BCUT2D eigenvalue weighted by atomic mass is 79.9. The number of anilines is 1. The summed E-state index contributed by atoms with van der Waals surface area (Å²) < 4.78 is 0.959. The van der Waals surface area contributed by atoms with E-state index in [2.05, 4.69) is 36.1 Å². The molecule has 0 radical (unpaired) electrons. The van der Waals surface area contributed by atoms with Gasteiger partial charge in [0.2, 0.25) is 0 Å². The molecule has 0 aliphatic heterocycles. The van der Waals surface area contributed by atoms with Crippen molar-refractivity contribution in [2.24, 2.45) is 0 Å². The van der Waals surface area contributed by atoms with Crippen molar-refractivity contribution >= 4 is 21.7 Å². The number of aromatic nitrogens is 4. The maximum Gasteiger partial charge on any atom is 0.153 e. The summed E-state index contributed by atoms with van der Waals surface area (Å²) in [5, 5.41) is 7.03. The zero-order valence-electron chi connectivity index (χ0n) is 9.84. The van der Waals surface area contributed by atoms with Gasteiger partial charge in [-0.3, -0.25) is 5.10 Å². The number of aromatic amines is 1. The van der Waals surface area contributed by atoms with Gasteiger partial charge < -0.3 is 5.73 Å². The first-order valence-corrected chi connectivity index (χ1v) is 6.41. The zero-order valence-corrected chi connectivity index (χ0v) is 11.4. The van der Waals surface area contributed by atoms with Crippen LogP contribution in [0.2, 0.25) is 0 Å². The fourth-order valence-corrected chi connectivity index (χ4v) is 2.41. The van der Waals surface area contributed by atoms with E-state index in [-0.39, 0.29) is 0 Å². The van der Waals surface area contributed by atoms with Crippen LogP contribution in [0.1, 0.15) is 0 Å². The Morgan fingerprint density at radius 3 is 2.58 bits per heavy atom. The molecule has 0 saturated carbocycles. The molecular formula is C13H10BrN5. The Morgan fingerprint density at radius 2 is 1.84 bits per heavy atom. The molecule has 94 valence electrons. The lowest BCUT2D eigenvalue weighted by Crippen LogP contribution is -1.90. The quantitative estimate of drug-likeness (QED) is 0.762. The number of nitrogens with one attached hydrogen (secondary N) is 1. The van der Waals surface area contributed by atoms with E-state index in [9.17, 15) is 0 Å². The molecule has 6 heteroatoms. The standard InChI is InChI=1S/C13H10BrN5/c14-10-4-2-1-3-9(10)11-12(18-19-13(11)15)8-5-16-7-17-6-8/h1-7H,(H3,15,18,19). The minimum Gasteiger partial charge on any atom is -0.382 e. The SMILES string of the molecule is Nc1n[nH]c(-c2cncnc2)c1-c1ccccc1Br. The second kappa shape index (κ2) is 4.81. The van der Waals surface area contributed by atoms with Crippen LogP contribution < -0.4 is 5.73 Å². The van der Waals surface area contributed by atoms with Crippen LogP contribution in [0.4, 0.5) is 5.82 Å². The summed E-state index contributed by atoms with van der Waals surface area (Å²) in [6, 6.07) is 7.86. The maximum atomic E-state index is 5.98. The van der Waals surface area contributed by atoms with Gasteiger partial charge in [0.25, 0.3) is 0 Å². The molecule has 0 unspecified atom stereocenters. The van der Waals surface area contributed by atoms with Gasteiger partial charge in [0.15, 0.2) is 5.82 Å². The molecule has 2 aromatic heterocycles. The monoisotopic (exact) mass is 315 g/mol. The Hall–Kier alpha value is -2.21. The minimum atomic E-state index is 0.450. The average Bonchev–Trinajstić information content (AvgIpc) is 2.82. The van der Waals surface area contributed by atoms with E-state index < -0.39 is 0 Å². The molecule has 0 spiro atoms. The second-order valence-corrected chi connectivity index (χ2v) is 4.82. The molecular weight excluding hydrogens is 306 g/mol. The van der Waals surface area contributed by atoms with Crippen molar-refractivity contribution < 1.29 is 0 Å². The molecule has 0 fully saturated rings. The van der Waals surface area contributed by atoms with Gasteiger partial charge in [-0.05, 0) is 6.07 Å². The predicted molar refractivity (Wildman–Crippen MR) is 77.2 cm³/mol. The first kappa shape index (κ1) is 11.9. The molecule has 0 bridgehead atoms. The van der Waals surface area contributed by atoms with Gasteiger partial charge in [0.05, 0.1) is 11.3 Å². The second-order valence-electron chi connectivity index (χ2n) is 3.97. The third-order valence-corrected chi connectivity index (χ3v) is 3.48. The molecule has 0 saturated heterocycles. The predicted octanol–water partition coefficient (Wildman–Crippen LogP) is 2.88. The summed E-state index contributed by atoms with van der Waals surface area (Å²) in [7, 11) is 0. The van der Waals surface area contributed by atoms with Gasteiger partial charge in [0.1, 0.15) is 6.33 Å². The van der Waals surface area contributed by atoms with Crippen LogP contribution in [-0.4, -0.2) is 20.2 Å². The molecule has 2 heterocycles. The van der Waals surface area contributed by atoms with Gasteiger partial charge in [0, 0.05) is 28.0 Å². The lowest BCUT2D eigenvalue weighted by Gasteiger charge is -2.06. The Kier molecular flexibility index (Phi) is 3.00. The molecule has 0 aliphatic rings. The fraction of sp³-hybridized carbons (Fsp3) is 0. The van der Waals surface area contributed by atoms with Gasteiger partial charge in [-0.25, -0.2) is 9.97 Å². The summed E-state index contributed by atoms with van der Waals surface area (Å²) in [5.41, 5.74) is 9.46. The van der Waals surface area contributed by atoms with E-state index in [0.29, 0.717) is 5.82 Å². The van der Waals surface area contributed by atoms with E-state index in [4.69, 9.17) is 5.73 Å². The van der Waals surface area contributed by atoms with E-state index in [0.717, 1.165) is 26.9 Å². The highest BCUT2D eigenvalue weighted by Crippen LogP contribution is 2.37. The van der Waals surface area contributed by atoms with E-state index >= 15 is 0 Å². The van der Waals surface area contributed by atoms with Gasteiger partial charge in [-0.15, -0.1) is 0 Å². The highest BCUT2D eigenvalue weighted by Gasteiger charge is 2.16. The Labute approximate surface area is 118 Å². The number of nitrogen functional groups attached to an aromatic ring is 1. The lowest BCUT2D eigenvalue weighted by atomic mass is 10.0. The van der Waals surface area contributed by atoms with E-state index in [1.807, 2.05) is 24.3 Å². The number of halogens is 1. The third-order valence-electron chi connectivity index (χ3n) is 2.79. The summed E-state index contributed by atoms with van der Waals surface area (Å²) in [6.07, 6.45) is 4.93. The maximum absolute atomic E-state index is 5.98. The van der Waals surface area contributed by atoms with Crippen molar-refractivity contribution in [1.29, 1.82) is 0 Å². The van der Waals surface area contributed by atoms with Crippen LogP contribution in [0.3, 0.4) is 0 Å². The Bertz CT molecular complexity index is 708. The summed E-state index contributed by atoms with van der Waals surface area (Å²) >= 11 is 3.53. The molecule has 3 N–H and O–H groups in total. The summed E-state index contributed by atoms with van der Waals surface area (Å²) in [5.74, 6) is 0.450. The topological polar surface area (TPSA) is 80.5 Å². The van der Waals surface area contributed by atoms with Crippen molar-refractivity contribution in [2.45, 2.75) is 0 Å². The fourth-order valence-electron chi connectivity index (χ4n) is 1.93. The molecule has 3 aromatic rings. The number of hydrogen-bond donors (Lipinski definition) is 2. The highest BCUT2D eigenvalue weighted by molar-refractivity contribution is 9.10. The average molecular weight is 316 g/mol. The van der Waals surface area contributed by atoms with Gasteiger partial charge in [-0.2, -0.15) is 5.10 Å². The minimum absolute atomic E-state index is 0.450. The molecule has 5 nitrogen and oxygen atoms in total. The zero-order chi connectivity index (χ0) is 13.2. The molecule has 0 atom stereocenters. The van der Waals surface area contributed by atoms with E-state index in [1.165, 1.54) is 6.33 Å². The molecule has 0 amide bonds. The van der Waals surface area contributed by atoms with Crippen LogP contribution in [0, 0.1) is 0 Å². The van der Waals surface area contributed by atoms with Crippen LogP contribution in [0.25, 0.3) is 22.4 Å². The first-order valence-electron chi connectivity index (χ1n) is 5.61. The number of nitrogens with zero attached hydrogens (tertiary/aromatic N) is 3. The number of rotatable bonds is 2. The van der Waals surface area contributed by atoms with Crippen LogP contribution in [0.5, 0.6) is 0 Å². The van der Waals surface area contributed by atoms with Crippen LogP contribution in [-0.2, 0) is 0 Å². The van der Waals surface area contributed by atoms with Crippen molar-refractivity contribution in [3.8, 4) is 22.4 Å². The van der Waals surface area contributed by atoms with Gasteiger partial charge >= 0.3 is 0 Å². The first-order chi connectivity index (χ1) is 9.27. The summed E-state index contributed by atoms with van der Waals surface area (Å²) in [6.45, 7) is 0. The number of benzene rings is 1.